The summed E-state index contributed by atoms with van der Waals surface area (Å²) < 4.78 is 26.6. The molecular weight excluding hydrogens is 304 g/mol. The van der Waals surface area contributed by atoms with Crippen LogP contribution in [0.15, 0.2) is 29.2 Å². The number of thioether (sulfide) groups is 1. The van der Waals surface area contributed by atoms with Crippen molar-refractivity contribution in [1.29, 1.82) is 0 Å². The summed E-state index contributed by atoms with van der Waals surface area (Å²) in [5.74, 6) is 2.28. The summed E-state index contributed by atoms with van der Waals surface area (Å²) in [7, 11) is -3.40. The van der Waals surface area contributed by atoms with E-state index in [2.05, 4.69) is 23.9 Å². The van der Waals surface area contributed by atoms with Gasteiger partial charge in [-0.2, -0.15) is 11.8 Å². The second-order valence-corrected chi connectivity index (χ2v) is 8.44. The van der Waals surface area contributed by atoms with E-state index in [1.807, 2.05) is 37.7 Å². The highest BCUT2D eigenvalue weighted by Gasteiger charge is 2.14. The first kappa shape index (κ1) is 18.3. The van der Waals surface area contributed by atoms with E-state index >= 15 is 0 Å². The molecule has 2 N–H and O–H groups in total. The van der Waals surface area contributed by atoms with Crippen LogP contribution in [0.4, 0.5) is 5.69 Å². The number of benzene rings is 1. The molecule has 0 aliphatic heterocycles. The molecule has 0 saturated carbocycles. The van der Waals surface area contributed by atoms with Crippen molar-refractivity contribution < 1.29 is 8.42 Å². The lowest BCUT2D eigenvalue weighted by Crippen LogP contribution is -2.30. The van der Waals surface area contributed by atoms with E-state index in [1.54, 1.807) is 12.1 Å². The van der Waals surface area contributed by atoms with Gasteiger partial charge in [0, 0.05) is 17.8 Å². The molecule has 0 spiro atoms. The van der Waals surface area contributed by atoms with Gasteiger partial charge in [0.15, 0.2) is 0 Å². The molecule has 1 aromatic rings. The zero-order valence-electron chi connectivity index (χ0n) is 13.2. The minimum Gasteiger partial charge on any atom is -0.383 e. The number of anilines is 1. The molecule has 1 rings (SSSR count). The number of rotatable bonds is 9. The molecular formula is C15H26N2O2S2. The molecule has 0 heterocycles. The van der Waals surface area contributed by atoms with Crippen LogP contribution >= 0.6 is 11.8 Å². The van der Waals surface area contributed by atoms with Gasteiger partial charge in [0.25, 0.3) is 0 Å². The minimum atomic E-state index is -3.40. The molecule has 0 amide bonds. The topological polar surface area (TPSA) is 58.2 Å². The maximum atomic E-state index is 12.0. The van der Waals surface area contributed by atoms with Crippen LogP contribution in [0.1, 0.15) is 34.1 Å². The van der Waals surface area contributed by atoms with E-state index < -0.39 is 10.0 Å². The van der Waals surface area contributed by atoms with Gasteiger partial charge in [-0.1, -0.05) is 6.92 Å². The van der Waals surface area contributed by atoms with Crippen molar-refractivity contribution in [3.63, 3.8) is 0 Å². The third kappa shape index (κ3) is 6.72. The molecule has 0 aliphatic carbocycles. The maximum Gasteiger partial charge on any atom is 0.240 e. The Morgan fingerprint density at radius 3 is 2.29 bits per heavy atom. The quantitative estimate of drug-likeness (QED) is 0.682. The first-order chi connectivity index (χ1) is 9.85. The number of hydrogen-bond acceptors (Lipinski definition) is 4. The number of nitrogens with one attached hydrogen (secondary N) is 2. The molecule has 0 radical (unpaired) electrons. The van der Waals surface area contributed by atoms with Crippen molar-refractivity contribution in [2.24, 2.45) is 0 Å². The summed E-state index contributed by atoms with van der Waals surface area (Å²) >= 11 is 1.93. The molecule has 0 aromatic heterocycles. The van der Waals surface area contributed by atoms with Gasteiger partial charge in [0.1, 0.15) is 0 Å². The highest BCUT2D eigenvalue weighted by Crippen LogP contribution is 2.16. The Morgan fingerprint density at radius 2 is 1.76 bits per heavy atom. The van der Waals surface area contributed by atoms with Crippen molar-refractivity contribution in [3.05, 3.63) is 24.3 Å². The highest BCUT2D eigenvalue weighted by molar-refractivity contribution is 7.99. The fourth-order valence-electron chi connectivity index (χ4n) is 1.87. The molecule has 0 bridgehead atoms. The van der Waals surface area contributed by atoms with Crippen molar-refractivity contribution >= 4 is 27.5 Å². The average molecular weight is 331 g/mol. The molecule has 0 fully saturated rings. The van der Waals surface area contributed by atoms with Crippen molar-refractivity contribution in [2.45, 2.75) is 51.1 Å². The van der Waals surface area contributed by atoms with Crippen molar-refractivity contribution in [2.75, 3.05) is 16.8 Å². The zero-order valence-corrected chi connectivity index (χ0v) is 14.9. The Bertz CT molecular complexity index is 513. The lowest BCUT2D eigenvalue weighted by molar-refractivity contribution is 0.570. The normalized spacial score (nSPS) is 13.4. The van der Waals surface area contributed by atoms with Gasteiger partial charge >= 0.3 is 0 Å². The second kappa shape index (κ2) is 8.66. The average Bonchev–Trinajstić information content (AvgIpc) is 2.38. The van der Waals surface area contributed by atoms with Crippen LogP contribution < -0.4 is 10.0 Å². The monoisotopic (exact) mass is 330 g/mol. The summed E-state index contributed by atoms with van der Waals surface area (Å²) in [5.41, 5.74) is 0.951. The molecule has 1 atom stereocenters. The van der Waals surface area contributed by atoms with Gasteiger partial charge < -0.3 is 5.32 Å². The van der Waals surface area contributed by atoms with Gasteiger partial charge in [-0.3, -0.25) is 0 Å². The molecule has 21 heavy (non-hydrogen) atoms. The molecule has 1 unspecified atom stereocenters. The molecule has 0 aliphatic rings. The van der Waals surface area contributed by atoms with Crippen molar-refractivity contribution in [3.8, 4) is 0 Å². The predicted molar refractivity (Wildman–Crippen MR) is 92.6 cm³/mol. The minimum absolute atomic E-state index is 0.108. The molecule has 6 heteroatoms. The Morgan fingerprint density at radius 1 is 1.14 bits per heavy atom. The zero-order chi connectivity index (χ0) is 15.9. The SMILES string of the molecule is CCSCCC(C)Nc1ccc(S(=O)(=O)NC(C)C)cc1. The fourth-order valence-corrected chi connectivity index (χ4v) is 3.93. The van der Waals surface area contributed by atoms with E-state index in [-0.39, 0.29) is 6.04 Å². The summed E-state index contributed by atoms with van der Waals surface area (Å²) in [6.45, 7) is 7.92. The summed E-state index contributed by atoms with van der Waals surface area (Å²) in [6, 6.07) is 7.18. The van der Waals surface area contributed by atoms with E-state index in [0.717, 1.165) is 23.6 Å². The first-order valence-electron chi connectivity index (χ1n) is 7.32. The Hall–Kier alpha value is -0.720. The Kier molecular flexibility index (Phi) is 7.56. The third-order valence-corrected chi connectivity index (χ3v) is 5.47. The smallest absolute Gasteiger partial charge is 0.240 e. The summed E-state index contributed by atoms with van der Waals surface area (Å²) in [4.78, 5) is 0.302. The predicted octanol–water partition coefficient (Wildman–Crippen LogP) is 3.32. The molecule has 0 saturated heterocycles. The van der Waals surface area contributed by atoms with Gasteiger partial charge in [-0.05, 0) is 63.0 Å². The molecule has 1 aromatic carbocycles. The van der Waals surface area contributed by atoms with E-state index in [4.69, 9.17) is 0 Å². The van der Waals surface area contributed by atoms with Gasteiger partial charge in [0.2, 0.25) is 10.0 Å². The van der Waals surface area contributed by atoms with Crippen LogP contribution in [0.5, 0.6) is 0 Å². The molecule has 120 valence electrons. The highest BCUT2D eigenvalue weighted by atomic mass is 32.2. The van der Waals surface area contributed by atoms with Gasteiger partial charge in [-0.25, -0.2) is 13.1 Å². The van der Waals surface area contributed by atoms with Crippen LogP contribution in [0.3, 0.4) is 0 Å². The van der Waals surface area contributed by atoms with Crippen LogP contribution in [0.2, 0.25) is 0 Å². The van der Waals surface area contributed by atoms with Gasteiger partial charge in [0.05, 0.1) is 4.90 Å². The van der Waals surface area contributed by atoms with Crippen LogP contribution in [0, 0.1) is 0 Å². The number of sulfonamides is 1. The van der Waals surface area contributed by atoms with E-state index in [9.17, 15) is 8.42 Å². The third-order valence-electron chi connectivity index (χ3n) is 2.87. The lowest BCUT2D eigenvalue weighted by Gasteiger charge is -2.15. The van der Waals surface area contributed by atoms with Gasteiger partial charge in [-0.15, -0.1) is 0 Å². The Balaban J connectivity index is 2.62. The summed E-state index contributed by atoms with van der Waals surface area (Å²) in [6.07, 6.45) is 1.09. The van der Waals surface area contributed by atoms with Crippen LogP contribution in [-0.2, 0) is 10.0 Å². The van der Waals surface area contributed by atoms with E-state index in [0.29, 0.717) is 10.9 Å². The second-order valence-electron chi connectivity index (χ2n) is 5.33. The summed E-state index contributed by atoms with van der Waals surface area (Å²) in [5, 5.41) is 3.39. The van der Waals surface area contributed by atoms with Crippen LogP contribution in [0.25, 0.3) is 0 Å². The lowest BCUT2D eigenvalue weighted by atomic mass is 10.2. The largest absolute Gasteiger partial charge is 0.383 e. The first-order valence-corrected chi connectivity index (χ1v) is 9.95. The molecule has 4 nitrogen and oxygen atoms in total. The van der Waals surface area contributed by atoms with Crippen LogP contribution in [-0.4, -0.2) is 32.0 Å². The fraction of sp³-hybridized carbons (Fsp3) is 0.600. The Labute approximate surface area is 133 Å². The van der Waals surface area contributed by atoms with E-state index in [1.165, 1.54) is 0 Å². The van der Waals surface area contributed by atoms with Crippen molar-refractivity contribution in [1.82, 2.24) is 4.72 Å². The number of hydrogen-bond donors (Lipinski definition) is 2. The maximum absolute atomic E-state index is 12.0. The standard InChI is InChI=1S/C15H26N2O2S2/c1-5-20-11-10-13(4)16-14-6-8-15(9-7-14)21(18,19)17-12(2)3/h6-9,12-13,16-17H,5,10-11H2,1-4H3.